The zero-order valence-electron chi connectivity index (χ0n) is 22.0. The van der Waals surface area contributed by atoms with Crippen molar-refractivity contribution in [2.75, 3.05) is 10.4 Å². The number of phenols is 1. The summed E-state index contributed by atoms with van der Waals surface area (Å²) in [6, 6.07) is 20.7. The number of hydroxylamine groups is 1. The molecule has 0 heterocycles. The second-order valence-corrected chi connectivity index (χ2v) is 10.3. The minimum absolute atomic E-state index is 0.0513. The largest absolute Gasteiger partial charge is 0.508 e. The molecule has 0 fully saturated rings. The van der Waals surface area contributed by atoms with Crippen LogP contribution in [0.25, 0.3) is 0 Å². The maximum absolute atomic E-state index is 12.6. The first-order chi connectivity index (χ1) is 16.5. The van der Waals surface area contributed by atoms with Gasteiger partial charge >= 0.3 is 0 Å². The van der Waals surface area contributed by atoms with Crippen LogP contribution in [-0.2, 0) is 15.6 Å². The normalized spacial score (nSPS) is 11.7. The Labute approximate surface area is 209 Å². The first-order valence-electron chi connectivity index (χ1n) is 12.3. The lowest BCUT2D eigenvalue weighted by Crippen LogP contribution is -2.33. The fourth-order valence-electron chi connectivity index (χ4n) is 3.78. The van der Waals surface area contributed by atoms with Gasteiger partial charge in [0.1, 0.15) is 5.75 Å². The molecule has 0 aliphatic rings. The van der Waals surface area contributed by atoms with Crippen molar-refractivity contribution < 1.29 is 14.7 Å². The van der Waals surface area contributed by atoms with Gasteiger partial charge in [-0.15, -0.1) is 5.06 Å². The smallest absolute Gasteiger partial charge is 0.256 e. The Morgan fingerprint density at radius 1 is 0.886 bits per heavy atom. The molecule has 186 valence electrons. The van der Waals surface area contributed by atoms with Gasteiger partial charge in [0.25, 0.3) is 5.91 Å². The molecule has 3 rings (SSSR count). The van der Waals surface area contributed by atoms with Crippen LogP contribution in [0, 0.1) is 0 Å². The molecule has 0 bridgehead atoms. The van der Waals surface area contributed by atoms with Gasteiger partial charge in [-0.2, -0.15) is 0 Å². The number of aromatic hydroxyl groups is 1. The Morgan fingerprint density at radius 2 is 1.54 bits per heavy atom. The van der Waals surface area contributed by atoms with Crippen LogP contribution in [0.1, 0.15) is 72.4 Å². The summed E-state index contributed by atoms with van der Waals surface area (Å²) < 4.78 is 0. The maximum Gasteiger partial charge on any atom is 0.256 e. The van der Waals surface area contributed by atoms with Crippen molar-refractivity contribution in [2.24, 2.45) is 0 Å². The zero-order chi connectivity index (χ0) is 25.8. The minimum atomic E-state index is -0.211. The standard InChI is InChI=1S/C30H38N2O3/c1-8-29(4,5)22-13-18-28(27(19-22)30(6,7)9-2)35-32(21(3)33)25-16-14-23(15-17-25)31-24-11-10-12-26(34)20-24/h10-20,31,34H,8-9H2,1-7H3. The Morgan fingerprint density at radius 3 is 2.11 bits per heavy atom. The van der Waals surface area contributed by atoms with Crippen LogP contribution < -0.4 is 15.2 Å². The monoisotopic (exact) mass is 474 g/mol. The molecule has 0 saturated heterocycles. The third kappa shape index (κ3) is 6.16. The van der Waals surface area contributed by atoms with E-state index in [1.54, 1.807) is 18.2 Å². The fraction of sp³-hybridized carbons (Fsp3) is 0.367. The van der Waals surface area contributed by atoms with E-state index >= 15 is 0 Å². The van der Waals surface area contributed by atoms with Gasteiger partial charge in [-0.1, -0.05) is 59.7 Å². The number of anilines is 3. The lowest BCUT2D eigenvalue weighted by Gasteiger charge is -2.31. The number of phenolic OH excluding ortho intramolecular Hbond substituents is 1. The van der Waals surface area contributed by atoms with Crippen molar-refractivity contribution in [3.05, 3.63) is 77.9 Å². The number of amides is 1. The van der Waals surface area contributed by atoms with Gasteiger partial charge in [0, 0.05) is 29.9 Å². The van der Waals surface area contributed by atoms with Crippen molar-refractivity contribution in [3.8, 4) is 11.5 Å². The van der Waals surface area contributed by atoms with E-state index in [1.807, 2.05) is 36.4 Å². The number of carbonyl (C=O) groups is 1. The van der Waals surface area contributed by atoms with Crippen molar-refractivity contribution in [3.63, 3.8) is 0 Å². The van der Waals surface area contributed by atoms with Gasteiger partial charge in [0.15, 0.2) is 5.75 Å². The number of nitrogens with one attached hydrogen (secondary N) is 1. The molecule has 3 aromatic carbocycles. The molecule has 1 amide bonds. The van der Waals surface area contributed by atoms with Crippen LogP contribution in [0.4, 0.5) is 17.1 Å². The summed E-state index contributed by atoms with van der Waals surface area (Å²) in [6.45, 7) is 14.8. The molecular weight excluding hydrogens is 436 g/mol. The molecule has 0 unspecified atom stereocenters. The second kappa shape index (κ2) is 10.4. The third-order valence-electron chi connectivity index (χ3n) is 6.97. The van der Waals surface area contributed by atoms with Gasteiger partial charge in [0.2, 0.25) is 0 Å². The fourth-order valence-corrected chi connectivity index (χ4v) is 3.78. The lowest BCUT2D eigenvalue weighted by molar-refractivity contribution is -0.120. The number of nitrogens with zero attached hydrogens (tertiary/aromatic N) is 1. The van der Waals surface area contributed by atoms with Gasteiger partial charge in [-0.3, -0.25) is 4.79 Å². The second-order valence-electron chi connectivity index (χ2n) is 10.3. The van der Waals surface area contributed by atoms with Gasteiger partial charge in [0.05, 0.1) is 5.69 Å². The molecule has 5 nitrogen and oxygen atoms in total. The summed E-state index contributed by atoms with van der Waals surface area (Å²) in [4.78, 5) is 18.9. The van der Waals surface area contributed by atoms with Gasteiger partial charge < -0.3 is 15.3 Å². The molecule has 0 atom stereocenters. The number of carbonyl (C=O) groups excluding carboxylic acids is 1. The van der Waals surface area contributed by atoms with Crippen LogP contribution in [-0.4, -0.2) is 11.0 Å². The average molecular weight is 475 g/mol. The SMILES string of the molecule is CCC(C)(C)c1ccc(ON(C(C)=O)c2ccc(Nc3cccc(O)c3)cc2)c(C(C)(C)CC)c1. The minimum Gasteiger partial charge on any atom is -0.508 e. The van der Waals surface area contributed by atoms with E-state index in [-0.39, 0.29) is 22.5 Å². The van der Waals surface area contributed by atoms with Crippen LogP contribution >= 0.6 is 0 Å². The Bertz CT molecular complexity index is 1170. The Kier molecular flexibility index (Phi) is 7.79. The molecule has 5 heteroatoms. The quantitative estimate of drug-likeness (QED) is 0.310. The molecule has 0 radical (unpaired) electrons. The van der Waals surface area contributed by atoms with Crippen LogP contribution in [0.2, 0.25) is 0 Å². The summed E-state index contributed by atoms with van der Waals surface area (Å²) in [5, 5.41) is 14.3. The van der Waals surface area contributed by atoms with Crippen molar-refractivity contribution in [1.82, 2.24) is 0 Å². The van der Waals surface area contributed by atoms with Crippen molar-refractivity contribution in [2.45, 2.75) is 72.1 Å². The van der Waals surface area contributed by atoms with E-state index in [2.05, 4.69) is 59.0 Å². The number of hydrogen-bond acceptors (Lipinski definition) is 4. The molecule has 3 aromatic rings. The number of rotatable bonds is 9. The lowest BCUT2D eigenvalue weighted by atomic mass is 9.76. The highest BCUT2D eigenvalue weighted by molar-refractivity contribution is 5.90. The number of hydrogen-bond donors (Lipinski definition) is 2. The van der Waals surface area contributed by atoms with Gasteiger partial charge in [-0.05, 0) is 71.7 Å². The molecule has 0 aromatic heterocycles. The highest BCUT2D eigenvalue weighted by atomic mass is 16.7. The predicted octanol–water partition coefficient (Wildman–Crippen LogP) is 7.86. The zero-order valence-corrected chi connectivity index (χ0v) is 22.0. The van der Waals surface area contributed by atoms with E-state index in [4.69, 9.17) is 4.84 Å². The molecule has 2 N–H and O–H groups in total. The van der Waals surface area contributed by atoms with Crippen LogP contribution in [0.3, 0.4) is 0 Å². The summed E-state index contributed by atoms with van der Waals surface area (Å²) in [5.74, 6) is 0.670. The third-order valence-corrected chi connectivity index (χ3v) is 6.97. The Balaban J connectivity index is 1.92. The number of benzene rings is 3. The predicted molar refractivity (Wildman–Crippen MR) is 145 cm³/mol. The highest BCUT2D eigenvalue weighted by Crippen LogP contribution is 2.39. The van der Waals surface area contributed by atoms with Crippen LogP contribution in [0.5, 0.6) is 11.5 Å². The van der Waals surface area contributed by atoms with E-state index in [9.17, 15) is 9.90 Å². The summed E-state index contributed by atoms with van der Waals surface area (Å²) >= 11 is 0. The molecular formula is C30H38N2O3. The van der Waals surface area contributed by atoms with E-state index < -0.39 is 0 Å². The molecule has 0 aliphatic heterocycles. The van der Waals surface area contributed by atoms with Crippen molar-refractivity contribution in [1.29, 1.82) is 0 Å². The average Bonchev–Trinajstić information content (AvgIpc) is 2.83. The first-order valence-corrected chi connectivity index (χ1v) is 12.3. The van der Waals surface area contributed by atoms with Gasteiger partial charge in [-0.25, -0.2) is 0 Å². The highest BCUT2D eigenvalue weighted by Gasteiger charge is 2.28. The summed E-state index contributed by atoms with van der Waals surface area (Å²) in [5.41, 5.74) is 4.54. The summed E-state index contributed by atoms with van der Waals surface area (Å²) in [7, 11) is 0. The van der Waals surface area contributed by atoms with E-state index in [1.165, 1.54) is 17.6 Å². The van der Waals surface area contributed by atoms with E-state index in [0.29, 0.717) is 11.4 Å². The molecule has 35 heavy (non-hydrogen) atoms. The molecule has 0 spiro atoms. The Hall–Kier alpha value is -3.47. The summed E-state index contributed by atoms with van der Waals surface area (Å²) in [6.07, 6.45) is 1.97. The van der Waals surface area contributed by atoms with Crippen molar-refractivity contribution >= 4 is 23.0 Å². The van der Waals surface area contributed by atoms with E-state index in [0.717, 1.165) is 29.8 Å². The topological polar surface area (TPSA) is 61.8 Å². The maximum atomic E-state index is 12.6. The van der Waals surface area contributed by atoms with Crippen LogP contribution in [0.15, 0.2) is 66.7 Å². The molecule has 0 saturated carbocycles. The first kappa shape index (κ1) is 26.1. The molecule has 0 aliphatic carbocycles.